The Kier molecular flexibility index (Phi) is 6.18. The molecule has 0 aromatic heterocycles. The molecule has 0 unspecified atom stereocenters. The maximum atomic E-state index is 10.9. The summed E-state index contributed by atoms with van der Waals surface area (Å²) in [7, 11) is 0. The van der Waals surface area contributed by atoms with Crippen molar-refractivity contribution in [1.82, 2.24) is 5.32 Å². The molecule has 0 heterocycles. The van der Waals surface area contributed by atoms with E-state index in [0.717, 1.165) is 5.57 Å². The van der Waals surface area contributed by atoms with Gasteiger partial charge in [0, 0.05) is 6.54 Å². The van der Waals surface area contributed by atoms with E-state index in [-0.39, 0.29) is 5.91 Å². The molecule has 0 aliphatic carbocycles. The Morgan fingerprint density at radius 1 is 1.69 bits per heavy atom. The summed E-state index contributed by atoms with van der Waals surface area (Å²) in [5, 5.41) is 2.64. The van der Waals surface area contributed by atoms with Crippen LogP contribution in [-0.4, -0.2) is 31.7 Å². The Balaban J connectivity index is 3.26. The van der Waals surface area contributed by atoms with Gasteiger partial charge in [0.1, 0.15) is 0 Å². The van der Waals surface area contributed by atoms with Crippen molar-refractivity contribution in [2.24, 2.45) is 5.73 Å². The summed E-state index contributed by atoms with van der Waals surface area (Å²) in [6.45, 7) is 8.74. The highest BCUT2D eigenvalue weighted by molar-refractivity contribution is 5.80. The molecule has 13 heavy (non-hydrogen) atoms. The van der Waals surface area contributed by atoms with Crippen molar-refractivity contribution in [3.63, 3.8) is 0 Å². The highest BCUT2D eigenvalue weighted by Crippen LogP contribution is 1.86. The van der Waals surface area contributed by atoms with Gasteiger partial charge in [-0.2, -0.15) is 0 Å². The Bertz CT molecular complexity index is 178. The van der Waals surface area contributed by atoms with Gasteiger partial charge < -0.3 is 15.8 Å². The lowest BCUT2D eigenvalue weighted by Crippen LogP contribution is -2.39. The molecule has 0 aliphatic heterocycles. The van der Waals surface area contributed by atoms with Crippen LogP contribution in [0.2, 0.25) is 0 Å². The van der Waals surface area contributed by atoms with Gasteiger partial charge in [-0.05, 0) is 13.8 Å². The van der Waals surface area contributed by atoms with Crippen LogP contribution in [0.5, 0.6) is 0 Å². The molecule has 0 spiro atoms. The minimum atomic E-state index is -0.457. The maximum absolute atomic E-state index is 10.9. The van der Waals surface area contributed by atoms with Crippen molar-refractivity contribution in [3.8, 4) is 0 Å². The van der Waals surface area contributed by atoms with Gasteiger partial charge in [0.2, 0.25) is 5.91 Å². The fourth-order valence-electron chi connectivity index (χ4n) is 0.654. The van der Waals surface area contributed by atoms with E-state index in [4.69, 9.17) is 10.5 Å². The summed E-state index contributed by atoms with van der Waals surface area (Å²) >= 11 is 0. The Morgan fingerprint density at radius 3 is 2.77 bits per heavy atom. The van der Waals surface area contributed by atoms with Gasteiger partial charge in [-0.1, -0.05) is 12.2 Å². The van der Waals surface area contributed by atoms with E-state index in [1.54, 1.807) is 6.92 Å². The molecule has 1 amide bonds. The summed E-state index contributed by atoms with van der Waals surface area (Å²) in [6.07, 6.45) is 0. The zero-order valence-corrected chi connectivity index (χ0v) is 8.30. The van der Waals surface area contributed by atoms with E-state index in [9.17, 15) is 4.79 Å². The number of nitrogens with two attached hydrogens (primary N) is 1. The Labute approximate surface area is 79.1 Å². The number of rotatable bonds is 6. The van der Waals surface area contributed by atoms with Crippen molar-refractivity contribution >= 4 is 5.91 Å². The number of nitrogens with one attached hydrogen (secondary N) is 1. The minimum Gasteiger partial charge on any atom is -0.375 e. The first-order valence-corrected chi connectivity index (χ1v) is 4.29. The lowest BCUT2D eigenvalue weighted by Gasteiger charge is -2.07. The molecule has 0 radical (unpaired) electrons. The Morgan fingerprint density at radius 2 is 2.31 bits per heavy atom. The zero-order valence-electron chi connectivity index (χ0n) is 8.30. The van der Waals surface area contributed by atoms with Crippen LogP contribution in [0.3, 0.4) is 0 Å². The maximum Gasteiger partial charge on any atom is 0.236 e. The molecule has 4 heteroatoms. The topological polar surface area (TPSA) is 64.3 Å². The molecule has 0 saturated heterocycles. The van der Waals surface area contributed by atoms with Crippen LogP contribution < -0.4 is 11.1 Å². The van der Waals surface area contributed by atoms with Gasteiger partial charge in [-0.15, -0.1) is 0 Å². The Hall–Kier alpha value is -0.870. The lowest BCUT2D eigenvalue weighted by atomic mass is 10.3. The molecule has 0 saturated carbocycles. The van der Waals surface area contributed by atoms with E-state index in [1.165, 1.54) is 0 Å². The molecule has 3 N–H and O–H groups in total. The zero-order chi connectivity index (χ0) is 10.3. The molecular formula is C9H18N2O2. The summed E-state index contributed by atoms with van der Waals surface area (Å²) in [4.78, 5) is 10.9. The first-order chi connectivity index (χ1) is 6.04. The molecule has 0 bridgehead atoms. The SMILES string of the molecule is C=C(C)COCCNC(=O)[C@@H](C)N. The second-order valence-corrected chi connectivity index (χ2v) is 3.09. The standard InChI is InChI=1S/C9H18N2O2/c1-7(2)6-13-5-4-11-9(12)8(3)10/h8H,1,4-6,10H2,2-3H3,(H,11,12)/t8-/m1/s1. The van der Waals surface area contributed by atoms with Crippen LogP contribution in [0.15, 0.2) is 12.2 Å². The van der Waals surface area contributed by atoms with Crippen molar-refractivity contribution < 1.29 is 9.53 Å². The van der Waals surface area contributed by atoms with Crippen molar-refractivity contribution in [1.29, 1.82) is 0 Å². The third kappa shape index (κ3) is 7.49. The molecule has 0 aromatic carbocycles. The highest BCUT2D eigenvalue weighted by atomic mass is 16.5. The second-order valence-electron chi connectivity index (χ2n) is 3.09. The largest absolute Gasteiger partial charge is 0.375 e. The summed E-state index contributed by atoms with van der Waals surface area (Å²) in [5.74, 6) is -0.154. The van der Waals surface area contributed by atoms with Gasteiger partial charge in [0.25, 0.3) is 0 Å². The van der Waals surface area contributed by atoms with E-state index >= 15 is 0 Å². The monoisotopic (exact) mass is 186 g/mol. The van der Waals surface area contributed by atoms with Gasteiger partial charge in [0.15, 0.2) is 0 Å². The summed E-state index contributed by atoms with van der Waals surface area (Å²) < 4.78 is 5.17. The first kappa shape index (κ1) is 12.1. The fourth-order valence-corrected chi connectivity index (χ4v) is 0.654. The lowest BCUT2D eigenvalue weighted by molar-refractivity contribution is -0.122. The van der Waals surface area contributed by atoms with Crippen LogP contribution in [0.4, 0.5) is 0 Å². The van der Waals surface area contributed by atoms with Crippen LogP contribution in [0, 0.1) is 0 Å². The number of carbonyl (C=O) groups excluding carboxylic acids is 1. The van der Waals surface area contributed by atoms with Gasteiger partial charge >= 0.3 is 0 Å². The molecule has 0 aromatic rings. The molecule has 4 nitrogen and oxygen atoms in total. The van der Waals surface area contributed by atoms with E-state index in [0.29, 0.717) is 19.8 Å². The summed E-state index contributed by atoms with van der Waals surface area (Å²) in [6, 6.07) is -0.457. The van der Waals surface area contributed by atoms with Gasteiger partial charge in [-0.3, -0.25) is 4.79 Å². The number of amides is 1. The molecule has 0 rings (SSSR count). The second kappa shape index (κ2) is 6.62. The smallest absolute Gasteiger partial charge is 0.236 e. The minimum absolute atomic E-state index is 0.154. The van der Waals surface area contributed by atoms with Crippen molar-refractivity contribution in [3.05, 3.63) is 12.2 Å². The predicted molar refractivity (Wildman–Crippen MR) is 52.3 cm³/mol. The molecule has 0 fully saturated rings. The van der Waals surface area contributed by atoms with Crippen LogP contribution in [-0.2, 0) is 9.53 Å². The van der Waals surface area contributed by atoms with Crippen LogP contribution in [0.25, 0.3) is 0 Å². The van der Waals surface area contributed by atoms with Gasteiger partial charge in [0.05, 0.1) is 19.3 Å². The van der Waals surface area contributed by atoms with E-state index in [2.05, 4.69) is 11.9 Å². The van der Waals surface area contributed by atoms with Gasteiger partial charge in [-0.25, -0.2) is 0 Å². The predicted octanol–water partition coefficient (Wildman–Crippen LogP) is 0.0425. The molecule has 0 aliphatic rings. The normalized spacial score (nSPS) is 12.2. The summed E-state index contributed by atoms with van der Waals surface area (Å²) in [5.41, 5.74) is 6.30. The number of carbonyl (C=O) groups is 1. The van der Waals surface area contributed by atoms with E-state index in [1.807, 2.05) is 6.92 Å². The van der Waals surface area contributed by atoms with Crippen molar-refractivity contribution in [2.75, 3.05) is 19.8 Å². The first-order valence-electron chi connectivity index (χ1n) is 4.29. The van der Waals surface area contributed by atoms with E-state index < -0.39 is 6.04 Å². The fraction of sp³-hybridized carbons (Fsp3) is 0.667. The highest BCUT2D eigenvalue weighted by Gasteiger charge is 2.04. The average Bonchev–Trinajstić information content (AvgIpc) is 2.02. The molecule has 76 valence electrons. The number of hydrogen-bond acceptors (Lipinski definition) is 3. The quantitative estimate of drug-likeness (QED) is 0.455. The average molecular weight is 186 g/mol. The van der Waals surface area contributed by atoms with Crippen molar-refractivity contribution in [2.45, 2.75) is 19.9 Å². The van der Waals surface area contributed by atoms with Crippen LogP contribution in [0.1, 0.15) is 13.8 Å². The molecular weight excluding hydrogens is 168 g/mol. The third-order valence-corrected chi connectivity index (χ3v) is 1.31. The number of hydrogen-bond donors (Lipinski definition) is 2. The molecule has 1 atom stereocenters. The van der Waals surface area contributed by atoms with Crippen LogP contribution >= 0.6 is 0 Å². The number of ether oxygens (including phenoxy) is 1. The third-order valence-electron chi connectivity index (χ3n) is 1.31.